The van der Waals surface area contributed by atoms with Crippen LogP contribution in [0, 0.1) is 29.6 Å². The number of hydrogen-bond acceptors (Lipinski definition) is 5. The summed E-state index contributed by atoms with van der Waals surface area (Å²) in [7, 11) is 0. The second kappa shape index (κ2) is 13.8. The zero-order valence-corrected chi connectivity index (χ0v) is 36.8. The van der Waals surface area contributed by atoms with Gasteiger partial charge < -0.3 is 5.32 Å². The van der Waals surface area contributed by atoms with Crippen molar-refractivity contribution in [2.45, 2.75) is 67.2 Å². The van der Waals surface area contributed by atoms with Crippen LogP contribution in [-0.2, 0) is 5.41 Å². The molecule has 0 spiro atoms. The topological polar surface area (TPSA) is 50.7 Å². The first-order chi connectivity index (χ1) is 28.8. The van der Waals surface area contributed by atoms with Crippen LogP contribution in [-0.4, -0.2) is 15.0 Å². The number of hydrogen-bond donors (Lipinski definition) is 1. The minimum atomic E-state index is -0.165. The average molecular weight is 801 g/mol. The molecule has 3 aliphatic rings. The second-order valence-corrected chi connectivity index (χ2v) is 19.9. The molecule has 2 heterocycles. The summed E-state index contributed by atoms with van der Waals surface area (Å²) < 4.78 is 2.61. The Bertz CT molecular complexity index is 3030. The number of thiophene rings is 1. The van der Waals surface area contributed by atoms with Gasteiger partial charge in [0, 0.05) is 53.4 Å². The van der Waals surface area contributed by atoms with Crippen LogP contribution in [0.5, 0.6) is 0 Å². The Kier molecular flexibility index (Phi) is 8.82. The van der Waals surface area contributed by atoms with Crippen molar-refractivity contribution in [1.82, 2.24) is 15.0 Å². The maximum absolute atomic E-state index is 5.32. The predicted molar refractivity (Wildman–Crippen MR) is 255 cm³/mol. The van der Waals surface area contributed by atoms with E-state index in [9.17, 15) is 0 Å². The number of allylic oxidation sites excluding steroid dienone is 7. The van der Waals surface area contributed by atoms with Crippen LogP contribution >= 0.6 is 11.3 Å². The number of benzene rings is 5. The highest BCUT2D eigenvalue weighted by Gasteiger charge is 2.53. The highest BCUT2D eigenvalue weighted by Crippen LogP contribution is 2.62. The molecule has 0 saturated heterocycles. The van der Waals surface area contributed by atoms with E-state index < -0.39 is 0 Å². The first-order valence-electron chi connectivity index (χ1n) is 21.3. The summed E-state index contributed by atoms with van der Waals surface area (Å²) >= 11 is 1.85. The van der Waals surface area contributed by atoms with E-state index >= 15 is 0 Å². The van der Waals surface area contributed by atoms with Gasteiger partial charge in [-0.25, -0.2) is 4.98 Å². The van der Waals surface area contributed by atoms with Gasteiger partial charge in [0.05, 0.1) is 0 Å². The van der Waals surface area contributed by atoms with Crippen LogP contribution in [0.2, 0.25) is 0 Å². The van der Waals surface area contributed by atoms with Gasteiger partial charge in [-0.2, -0.15) is 9.97 Å². The van der Waals surface area contributed by atoms with Crippen molar-refractivity contribution >= 4 is 48.7 Å². The van der Waals surface area contributed by atoms with Gasteiger partial charge >= 0.3 is 0 Å². The molecule has 4 nitrogen and oxygen atoms in total. The molecule has 0 amide bonds. The largest absolute Gasteiger partial charge is 0.323 e. The number of anilines is 2. The van der Waals surface area contributed by atoms with Crippen molar-refractivity contribution in [3.8, 4) is 33.6 Å². The van der Waals surface area contributed by atoms with Crippen molar-refractivity contribution in [2.75, 3.05) is 5.32 Å². The summed E-state index contributed by atoms with van der Waals surface area (Å²) in [4.78, 5) is 15.8. The van der Waals surface area contributed by atoms with Gasteiger partial charge in [-0.3, -0.25) is 0 Å². The molecule has 1 N–H and O–H groups in total. The van der Waals surface area contributed by atoms with E-state index in [1.807, 2.05) is 11.3 Å². The lowest BCUT2D eigenvalue weighted by molar-refractivity contribution is 0.242. The van der Waals surface area contributed by atoms with Gasteiger partial charge in [-0.15, -0.1) is 11.3 Å². The number of aryl methyl sites for hydroxylation is 1. The normalized spacial score (nSPS) is 19.8. The minimum absolute atomic E-state index is 0.0677. The van der Waals surface area contributed by atoms with Crippen LogP contribution < -0.4 is 5.32 Å². The van der Waals surface area contributed by atoms with Crippen LogP contribution in [0.25, 0.3) is 59.4 Å². The standard InChI is InChI=1S/C55H52N4S/c1-10-42-45(27-32(2)3)54(7,8)49-30-35(25-26-55(42,49)9)51-57-50(34-23-24-37-36-17-11-14-20-43(36)53(5,6)44(37)29-34)58-52(59-51)56-46-21-15-12-18-38(46)40-31-41-39-19-13-16-22-47(39)60-48(41)28-33(40)4/h10-26,28-32,49H,1,27H2,2-9H3,(H,56,57,58,59). The van der Waals surface area contributed by atoms with Crippen molar-refractivity contribution in [2.24, 2.45) is 22.7 Å². The molecule has 2 atom stereocenters. The first kappa shape index (κ1) is 38.3. The van der Waals surface area contributed by atoms with Gasteiger partial charge in [-0.05, 0) is 99.9 Å². The molecule has 298 valence electrons. The molecule has 0 aliphatic heterocycles. The number of nitrogens with zero attached hydrogens (tertiary/aromatic N) is 3. The first-order valence-corrected chi connectivity index (χ1v) is 22.2. The molecule has 0 fully saturated rings. The zero-order chi connectivity index (χ0) is 41.7. The van der Waals surface area contributed by atoms with Gasteiger partial charge in [0.25, 0.3) is 0 Å². The third-order valence-corrected chi connectivity index (χ3v) is 14.9. The smallest absolute Gasteiger partial charge is 0.231 e. The lowest BCUT2D eigenvalue weighted by Crippen LogP contribution is -2.32. The fourth-order valence-electron chi connectivity index (χ4n) is 10.8. The zero-order valence-electron chi connectivity index (χ0n) is 35.9. The van der Waals surface area contributed by atoms with Gasteiger partial charge in [0.1, 0.15) is 0 Å². The second-order valence-electron chi connectivity index (χ2n) is 18.8. The van der Waals surface area contributed by atoms with E-state index in [1.165, 1.54) is 64.7 Å². The Morgan fingerprint density at radius 3 is 2.25 bits per heavy atom. The molecule has 0 radical (unpaired) electrons. The average Bonchev–Trinajstić information content (AvgIpc) is 3.76. The van der Waals surface area contributed by atoms with Crippen LogP contribution in [0.3, 0.4) is 0 Å². The Morgan fingerprint density at radius 1 is 0.733 bits per heavy atom. The minimum Gasteiger partial charge on any atom is -0.323 e. The molecule has 2 unspecified atom stereocenters. The van der Waals surface area contributed by atoms with Crippen molar-refractivity contribution in [3.63, 3.8) is 0 Å². The Balaban J connectivity index is 1.11. The quantitative estimate of drug-likeness (QED) is 0.166. The SMILES string of the molecule is C=CC1=C(CC(C)C)C(C)(C)C2C=C(c3nc(Nc4ccccc4-c4cc5c(cc4C)sc4ccccc45)nc(-c4ccc5c(c4)C(C)(C)c4ccccc4-5)n3)C=CC12C. The van der Waals surface area contributed by atoms with E-state index in [2.05, 4.69) is 195 Å². The molecule has 5 heteroatoms. The summed E-state index contributed by atoms with van der Waals surface area (Å²) in [5, 5.41) is 6.30. The number of nitrogens with one attached hydrogen (secondary N) is 1. The third kappa shape index (κ3) is 5.88. The molecule has 3 aliphatic carbocycles. The van der Waals surface area contributed by atoms with Crippen molar-refractivity contribution in [1.29, 1.82) is 0 Å². The molecular formula is C55H52N4S. The fourth-order valence-corrected chi connectivity index (χ4v) is 12.0. The molecule has 10 rings (SSSR count). The molecule has 5 aromatic carbocycles. The molecular weight excluding hydrogens is 749 g/mol. The number of fused-ring (bicyclic) bond motifs is 7. The predicted octanol–water partition coefficient (Wildman–Crippen LogP) is 15.1. The lowest BCUT2D eigenvalue weighted by atomic mass is 9.64. The van der Waals surface area contributed by atoms with E-state index in [-0.39, 0.29) is 22.2 Å². The number of aromatic nitrogens is 3. The summed E-state index contributed by atoms with van der Waals surface area (Å²) in [5.74, 6) is 2.60. The van der Waals surface area contributed by atoms with Gasteiger partial charge in [0.2, 0.25) is 5.95 Å². The summed E-state index contributed by atoms with van der Waals surface area (Å²) in [6.45, 7) is 23.0. The van der Waals surface area contributed by atoms with E-state index in [4.69, 9.17) is 15.0 Å². The van der Waals surface area contributed by atoms with E-state index in [1.54, 1.807) is 0 Å². The number of rotatable bonds is 8. The molecule has 7 aromatic rings. The summed E-state index contributed by atoms with van der Waals surface area (Å²) in [6, 6.07) is 37.4. The Labute approximate surface area is 358 Å². The lowest BCUT2D eigenvalue weighted by Gasteiger charge is -2.39. The molecule has 0 bridgehead atoms. The van der Waals surface area contributed by atoms with E-state index in [0.717, 1.165) is 28.8 Å². The third-order valence-electron chi connectivity index (χ3n) is 13.8. The molecule has 0 saturated carbocycles. The van der Waals surface area contributed by atoms with Gasteiger partial charge in [0.15, 0.2) is 11.6 Å². The summed E-state index contributed by atoms with van der Waals surface area (Å²) in [6.07, 6.45) is 10.2. The van der Waals surface area contributed by atoms with Crippen LogP contribution in [0.4, 0.5) is 11.6 Å². The van der Waals surface area contributed by atoms with Crippen LogP contribution in [0.15, 0.2) is 145 Å². The Hall–Kier alpha value is -5.91. The maximum Gasteiger partial charge on any atom is 0.231 e. The molecule has 60 heavy (non-hydrogen) atoms. The fraction of sp³-hybridized carbons (Fsp3) is 0.255. The summed E-state index contributed by atoms with van der Waals surface area (Å²) in [5.41, 5.74) is 14.1. The maximum atomic E-state index is 5.32. The Morgan fingerprint density at radius 2 is 1.45 bits per heavy atom. The van der Waals surface area contributed by atoms with Crippen molar-refractivity contribution < 1.29 is 0 Å². The number of para-hydroxylation sites is 1. The van der Waals surface area contributed by atoms with Crippen molar-refractivity contribution in [3.05, 3.63) is 168 Å². The van der Waals surface area contributed by atoms with E-state index in [0.29, 0.717) is 23.5 Å². The van der Waals surface area contributed by atoms with Crippen LogP contribution in [0.1, 0.15) is 77.4 Å². The monoisotopic (exact) mass is 800 g/mol. The highest BCUT2D eigenvalue weighted by molar-refractivity contribution is 7.25. The van der Waals surface area contributed by atoms with Gasteiger partial charge in [-0.1, -0.05) is 158 Å². The molecule has 2 aromatic heterocycles. The highest BCUT2D eigenvalue weighted by atomic mass is 32.1.